The van der Waals surface area contributed by atoms with Crippen LogP contribution in [0.1, 0.15) is 69.2 Å². The number of unbranched alkanes of at least 4 members (excludes halogenated alkanes) is 3. The van der Waals surface area contributed by atoms with Crippen LogP contribution in [-0.2, 0) is 4.74 Å². The van der Waals surface area contributed by atoms with Gasteiger partial charge in [-0.2, -0.15) is 0 Å². The van der Waals surface area contributed by atoms with Gasteiger partial charge in [0.1, 0.15) is 6.10 Å². The van der Waals surface area contributed by atoms with E-state index < -0.39 is 0 Å². The van der Waals surface area contributed by atoms with E-state index in [1.54, 1.807) is 24.3 Å². The highest BCUT2D eigenvalue weighted by Gasteiger charge is 2.15. The smallest absolute Gasteiger partial charge is 0.338 e. The van der Waals surface area contributed by atoms with Gasteiger partial charge in [-0.05, 0) is 43.5 Å². The van der Waals surface area contributed by atoms with Crippen molar-refractivity contribution in [1.29, 1.82) is 0 Å². The highest BCUT2D eigenvalue weighted by Crippen LogP contribution is 2.16. The first-order valence-corrected chi connectivity index (χ1v) is 7.73. The van der Waals surface area contributed by atoms with E-state index >= 15 is 0 Å². The molecule has 1 rings (SSSR count). The molecule has 112 valence electrons. The van der Waals surface area contributed by atoms with E-state index in [1.807, 2.05) is 0 Å². The maximum absolute atomic E-state index is 12.1. The van der Waals surface area contributed by atoms with Gasteiger partial charge in [0.25, 0.3) is 0 Å². The SMILES string of the molecule is CCCCCCC(CCC)OC(=O)c1ccc(N)cc1. The number of carbonyl (C=O) groups excluding carboxylic acids is 1. The molecule has 1 aromatic rings. The fourth-order valence-corrected chi connectivity index (χ4v) is 2.22. The van der Waals surface area contributed by atoms with Crippen molar-refractivity contribution in [2.75, 3.05) is 5.73 Å². The average Bonchev–Trinajstić information content (AvgIpc) is 2.44. The van der Waals surface area contributed by atoms with E-state index in [4.69, 9.17) is 10.5 Å². The third kappa shape index (κ3) is 6.09. The molecule has 0 amide bonds. The Bertz CT molecular complexity index is 386. The Balaban J connectivity index is 2.47. The second kappa shape index (κ2) is 9.40. The molecular formula is C17H27NO2. The maximum Gasteiger partial charge on any atom is 0.338 e. The number of carbonyl (C=O) groups is 1. The van der Waals surface area contributed by atoms with Crippen molar-refractivity contribution in [3.05, 3.63) is 29.8 Å². The fraction of sp³-hybridized carbons (Fsp3) is 0.588. The Hall–Kier alpha value is -1.51. The molecule has 1 aromatic carbocycles. The van der Waals surface area contributed by atoms with Crippen molar-refractivity contribution in [3.8, 4) is 0 Å². The molecule has 20 heavy (non-hydrogen) atoms. The molecule has 0 fully saturated rings. The number of esters is 1. The van der Waals surface area contributed by atoms with E-state index in [-0.39, 0.29) is 12.1 Å². The molecule has 3 nitrogen and oxygen atoms in total. The minimum absolute atomic E-state index is 0.0434. The van der Waals surface area contributed by atoms with Gasteiger partial charge in [-0.15, -0.1) is 0 Å². The van der Waals surface area contributed by atoms with Crippen LogP contribution in [0.5, 0.6) is 0 Å². The van der Waals surface area contributed by atoms with Gasteiger partial charge in [-0.3, -0.25) is 0 Å². The molecule has 0 aliphatic carbocycles. The normalized spacial score (nSPS) is 12.1. The van der Waals surface area contributed by atoms with Crippen LogP contribution in [0.4, 0.5) is 5.69 Å². The number of nitrogens with two attached hydrogens (primary N) is 1. The van der Waals surface area contributed by atoms with Gasteiger partial charge in [0.15, 0.2) is 0 Å². The Labute approximate surface area is 122 Å². The quantitative estimate of drug-likeness (QED) is 0.409. The van der Waals surface area contributed by atoms with Crippen molar-refractivity contribution in [2.45, 2.75) is 64.9 Å². The standard InChI is InChI=1S/C17H27NO2/c1-3-5-6-7-9-16(8-4-2)20-17(19)14-10-12-15(18)13-11-14/h10-13,16H,3-9,18H2,1-2H3. The second-order valence-corrected chi connectivity index (χ2v) is 5.29. The highest BCUT2D eigenvalue weighted by atomic mass is 16.5. The van der Waals surface area contributed by atoms with Crippen LogP contribution in [-0.4, -0.2) is 12.1 Å². The van der Waals surface area contributed by atoms with Crippen LogP contribution < -0.4 is 5.73 Å². The summed E-state index contributed by atoms with van der Waals surface area (Å²) in [5.41, 5.74) is 6.85. The van der Waals surface area contributed by atoms with Crippen LogP contribution in [0, 0.1) is 0 Å². The third-order valence-corrected chi connectivity index (χ3v) is 3.41. The maximum atomic E-state index is 12.1. The molecule has 0 saturated heterocycles. The van der Waals surface area contributed by atoms with E-state index in [9.17, 15) is 4.79 Å². The molecule has 0 aromatic heterocycles. The molecule has 1 atom stereocenters. The molecule has 0 aliphatic heterocycles. The van der Waals surface area contributed by atoms with E-state index in [0.717, 1.165) is 25.7 Å². The molecule has 0 heterocycles. The van der Waals surface area contributed by atoms with Crippen LogP contribution in [0.2, 0.25) is 0 Å². The lowest BCUT2D eigenvalue weighted by Gasteiger charge is -2.17. The zero-order valence-corrected chi connectivity index (χ0v) is 12.7. The van der Waals surface area contributed by atoms with Gasteiger partial charge in [0.2, 0.25) is 0 Å². The zero-order chi connectivity index (χ0) is 14.8. The number of rotatable bonds is 9. The number of anilines is 1. The zero-order valence-electron chi connectivity index (χ0n) is 12.7. The lowest BCUT2D eigenvalue weighted by molar-refractivity contribution is 0.0254. The van der Waals surface area contributed by atoms with Gasteiger partial charge in [-0.1, -0.05) is 39.5 Å². The van der Waals surface area contributed by atoms with Crippen molar-refractivity contribution in [2.24, 2.45) is 0 Å². The molecule has 3 heteroatoms. The van der Waals surface area contributed by atoms with Crippen LogP contribution in [0.15, 0.2) is 24.3 Å². The van der Waals surface area contributed by atoms with E-state index in [0.29, 0.717) is 11.3 Å². The molecule has 0 saturated carbocycles. The third-order valence-electron chi connectivity index (χ3n) is 3.41. The first kappa shape index (κ1) is 16.5. The Kier molecular flexibility index (Phi) is 7.78. The molecule has 0 radical (unpaired) electrons. The molecule has 0 bridgehead atoms. The summed E-state index contributed by atoms with van der Waals surface area (Å²) in [5.74, 6) is -0.237. The monoisotopic (exact) mass is 277 g/mol. The highest BCUT2D eigenvalue weighted by molar-refractivity contribution is 5.89. The fourth-order valence-electron chi connectivity index (χ4n) is 2.22. The van der Waals surface area contributed by atoms with Crippen molar-refractivity contribution < 1.29 is 9.53 Å². The summed E-state index contributed by atoms with van der Waals surface area (Å²) < 4.78 is 5.62. The Morgan fingerprint density at radius 3 is 2.35 bits per heavy atom. The van der Waals surface area contributed by atoms with Gasteiger partial charge < -0.3 is 10.5 Å². The van der Waals surface area contributed by atoms with Crippen molar-refractivity contribution in [3.63, 3.8) is 0 Å². The largest absolute Gasteiger partial charge is 0.459 e. The minimum atomic E-state index is -0.237. The lowest BCUT2D eigenvalue weighted by atomic mass is 10.1. The van der Waals surface area contributed by atoms with E-state index in [1.165, 1.54) is 19.3 Å². The summed E-state index contributed by atoms with van der Waals surface area (Å²) in [4.78, 5) is 12.1. The first-order chi connectivity index (χ1) is 9.67. The topological polar surface area (TPSA) is 52.3 Å². The van der Waals surface area contributed by atoms with Gasteiger partial charge in [0.05, 0.1) is 5.56 Å². The molecule has 0 spiro atoms. The summed E-state index contributed by atoms with van der Waals surface area (Å²) in [7, 11) is 0. The van der Waals surface area contributed by atoms with Crippen LogP contribution in [0.25, 0.3) is 0 Å². The molecular weight excluding hydrogens is 250 g/mol. The number of nitrogen functional groups attached to an aromatic ring is 1. The van der Waals surface area contributed by atoms with Crippen molar-refractivity contribution >= 4 is 11.7 Å². The first-order valence-electron chi connectivity index (χ1n) is 7.73. The summed E-state index contributed by atoms with van der Waals surface area (Å²) in [5, 5.41) is 0. The number of hydrogen-bond donors (Lipinski definition) is 1. The number of hydrogen-bond acceptors (Lipinski definition) is 3. The molecule has 1 unspecified atom stereocenters. The lowest BCUT2D eigenvalue weighted by Crippen LogP contribution is -2.18. The predicted molar refractivity (Wildman–Crippen MR) is 83.7 cm³/mol. The van der Waals surface area contributed by atoms with Gasteiger partial charge >= 0.3 is 5.97 Å². The molecule has 2 N–H and O–H groups in total. The number of benzene rings is 1. The number of ether oxygens (including phenoxy) is 1. The summed E-state index contributed by atoms with van der Waals surface area (Å²) in [6, 6.07) is 6.90. The Morgan fingerprint density at radius 2 is 1.75 bits per heavy atom. The van der Waals surface area contributed by atoms with Crippen LogP contribution >= 0.6 is 0 Å². The van der Waals surface area contributed by atoms with Crippen LogP contribution in [0.3, 0.4) is 0 Å². The summed E-state index contributed by atoms with van der Waals surface area (Å²) >= 11 is 0. The average molecular weight is 277 g/mol. The van der Waals surface area contributed by atoms with E-state index in [2.05, 4.69) is 13.8 Å². The predicted octanol–water partition coefficient (Wildman–Crippen LogP) is 4.56. The second-order valence-electron chi connectivity index (χ2n) is 5.29. The summed E-state index contributed by atoms with van der Waals surface area (Å²) in [6.45, 7) is 4.32. The minimum Gasteiger partial charge on any atom is -0.459 e. The molecule has 0 aliphatic rings. The van der Waals surface area contributed by atoms with Gasteiger partial charge in [0, 0.05) is 5.69 Å². The van der Waals surface area contributed by atoms with Crippen molar-refractivity contribution in [1.82, 2.24) is 0 Å². The summed E-state index contributed by atoms with van der Waals surface area (Å²) in [6.07, 6.45) is 7.81. The van der Waals surface area contributed by atoms with Gasteiger partial charge in [-0.25, -0.2) is 4.79 Å². The Morgan fingerprint density at radius 1 is 1.05 bits per heavy atom.